The zero-order valence-electron chi connectivity index (χ0n) is 11.3. The van der Waals surface area contributed by atoms with Crippen molar-refractivity contribution in [3.8, 4) is 0 Å². The molecule has 5 heteroatoms. The van der Waals surface area contributed by atoms with Crippen LogP contribution in [0.25, 0.3) is 0 Å². The summed E-state index contributed by atoms with van der Waals surface area (Å²) in [5.74, 6) is -0.0823. The Hall–Kier alpha value is -0.910. The van der Waals surface area contributed by atoms with E-state index in [1.54, 1.807) is 0 Å². The maximum atomic E-state index is 11.6. The predicted molar refractivity (Wildman–Crippen MR) is 75.7 cm³/mol. The Morgan fingerprint density at radius 1 is 1.26 bits per heavy atom. The summed E-state index contributed by atoms with van der Waals surface area (Å²) in [5, 5.41) is 9.66. The van der Waals surface area contributed by atoms with Gasteiger partial charge in [-0.05, 0) is 12.0 Å². The molecule has 0 spiro atoms. The number of aliphatic hydroxyl groups excluding tert-OH is 1. The Labute approximate surface area is 115 Å². The summed E-state index contributed by atoms with van der Waals surface area (Å²) < 4.78 is 28.6. The van der Waals surface area contributed by atoms with Crippen LogP contribution in [0, 0.1) is 0 Å². The molecule has 1 aromatic rings. The highest BCUT2D eigenvalue weighted by atomic mass is 32.2. The van der Waals surface area contributed by atoms with Gasteiger partial charge in [-0.1, -0.05) is 43.7 Å². The molecule has 0 fully saturated rings. The van der Waals surface area contributed by atoms with Crippen molar-refractivity contribution in [2.75, 3.05) is 18.1 Å². The van der Waals surface area contributed by atoms with Crippen molar-refractivity contribution in [1.82, 2.24) is 0 Å². The Morgan fingerprint density at radius 2 is 1.95 bits per heavy atom. The van der Waals surface area contributed by atoms with E-state index in [1.807, 2.05) is 37.3 Å². The number of rotatable bonds is 9. The molecule has 1 N–H and O–H groups in total. The van der Waals surface area contributed by atoms with Gasteiger partial charge in [0.1, 0.15) is 0 Å². The summed E-state index contributed by atoms with van der Waals surface area (Å²) >= 11 is 0. The minimum absolute atomic E-state index is 0.0419. The standard InChI is InChI=1S/C14H22O4S/c1-2-3-9-19(16,17)12-14(15)11-18-10-13-7-5-4-6-8-13/h4-8,14-15H,2-3,9-12H2,1H3/t14-/m1/s1. The van der Waals surface area contributed by atoms with Crippen molar-refractivity contribution >= 4 is 9.84 Å². The molecule has 0 bridgehead atoms. The van der Waals surface area contributed by atoms with Gasteiger partial charge < -0.3 is 9.84 Å². The van der Waals surface area contributed by atoms with Crippen molar-refractivity contribution in [2.24, 2.45) is 0 Å². The molecule has 0 aliphatic rings. The van der Waals surface area contributed by atoms with Crippen molar-refractivity contribution < 1.29 is 18.3 Å². The lowest BCUT2D eigenvalue weighted by atomic mass is 10.2. The molecule has 0 saturated heterocycles. The molecular weight excluding hydrogens is 264 g/mol. The third-order valence-electron chi connectivity index (χ3n) is 2.68. The van der Waals surface area contributed by atoms with Crippen molar-refractivity contribution in [1.29, 1.82) is 0 Å². The van der Waals surface area contributed by atoms with Gasteiger partial charge in [0, 0.05) is 0 Å². The van der Waals surface area contributed by atoms with Gasteiger partial charge >= 0.3 is 0 Å². The number of benzene rings is 1. The summed E-state index contributed by atoms with van der Waals surface area (Å²) in [6, 6.07) is 9.57. The van der Waals surface area contributed by atoms with E-state index in [4.69, 9.17) is 4.74 Å². The zero-order valence-corrected chi connectivity index (χ0v) is 12.1. The van der Waals surface area contributed by atoms with Gasteiger partial charge in [0.2, 0.25) is 0 Å². The van der Waals surface area contributed by atoms with Crippen LogP contribution >= 0.6 is 0 Å². The fourth-order valence-corrected chi connectivity index (χ4v) is 3.25. The first-order valence-corrected chi connectivity index (χ1v) is 8.36. The highest BCUT2D eigenvalue weighted by Crippen LogP contribution is 2.03. The molecule has 0 aliphatic carbocycles. The number of aliphatic hydroxyl groups is 1. The first-order chi connectivity index (χ1) is 9.03. The van der Waals surface area contributed by atoms with Gasteiger partial charge in [-0.3, -0.25) is 0 Å². The predicted octanol–water partition coefficient (Wildman–Crippen LogP) is 1.78. The molecule has 19 heavy (non-hydrogen) atoms. The van der Waals surface area contributed by atoms with E-state index < -0.39 is 15.9 Å². The summed E-state index contributed by atoms with van der Waals surface area (Å²) in [6.45, 7) is 2.36. The van der Waals surface area contributed by atoms with Gasteiger partial charge in [-0.2, -0.15) is 0 Å². The molecule has 0 unspecified atom stereocenters. The maximum Gasteiger partial charge on any atom is 0.152 e. The van der Waals surface area contributed by atoms with E-state index in [-0.39, 0.29) is 18.1 Å². The number of hydrogen-bond acceptors (Lipinski definition) is 4. The zero-order chi connectivity index (χ0) is 14.1. The van der Waals surface area contributed by atoms with Crippen LogP contribution in [0.5, 0.6) is 0 Å². The molecule has 0 heterocycles. The Bertz CT molecular complexity index is 442. The smallest absolute Gasteiger partial charge is 0.152 e. The number of hydrogen-bond donors (Lipinski definition) is 1. The monoisotopic (exact) mass is 286 g/mol. The first-order valence-electron chi connectivity index (χ1n) is 6.53. The van der Waals surface area contributed by atoms with Crippen LogP contribution in [0.15, 0.2) is 30.3 Å². The normalized spacial score (nSPS) is 13.4. The second-order valence-electron chi connectivity index (χ2n) is 4.62. The third kappa shape index (κ3) is 7.30. The SMILES string of the molecule is CCCCS(=O)(=O)C[C@H](O)COCc1ccccc1. The topological polar surface area (TPSA) is 63.6 Å². The van der Waals surface area contributed by atoms with Gasteiger partial charge in [-0.25, -0.2) is 8.42 Å². The summed E-state index contributed by atoms with van der Waals surface area (Å²) in [7, 11) is -3.17. The van der Waals surface area contributed by atoms with Crippen LogP contribution in [0.1, 0.15) is 25.3 Å². The van der Waals surface area contributed by atoms with Gasteiger partial charge in [0.05, 0.1) is 30.8 Å². The quantitative estimate of drug-likeness (QED) is 0.751. The summed E-state index contributed by atoms with van der Waals surface area (Å²) in [6.07, 6.45) is 0.519. The second kappa shape index (κ2) is 8.30. The van der Waals surface area contributed by atoms with Crippen molar-refractivity contribution in [3.63, 3.8) is 0 Å². The summed E-state index contributed by atoms with van der Waals surface area (Å²) in [5.41, 5.74) is 1.00. The van der Waals surface area contributed by atoms with Gasteiger partial charge in [0.15, 0.2) is 9.84 Å². The van der Waals surface area contributed by atoms with Gasteiger partial charge in [0.25, 0.3) is 0 Å². The lowest BCUT2D eigenvalue weighted by molar-refractivity contribution is 0.0390. The molecule has 108 valence electrons. The molecule has 1 aromatic carbocycles. The minimum Gasteiger partial charge on any atom is -0.390 e. The molecular formula is C14H22O4S. The molecule has 0 aliphatic heterocycles. The Morgan fingerprint density at radius 3 is 2.58 bits per heavy atom. The molecule has 0 amide bonds. The molecule has 0 radical (unpaired) electrons. The fraction of sp³-hybridized carbons (Fsp3) is 0.571. The van der Waals surface area contributed by atoms with Crippen LogP contribution in [-0.4, -0.2) is 37.7 Å². The molecule has 0 aromatic heterocycles. The van der Waals surface area contributed by atoms with E-state index in [0.717, 1.165) is 12.0 Å². The average Bonchev–Trinajstić information content (AvgIpc) is 2.37. The number of ether oxygens (including phenoxy) is 1. The van der Waals surface area contributed by atoms with Crippen LogP contribution in [0.2, 0.25) is 0 Å². The fourth-order valence-electron chi connectivity index (χ4n) is 1.68. The van der Waals surface area contributed by atoms with Crippen LogP contribution in [-0.2, 0) is 21.2 Å². The van der Waals surface area contributed by atoms with Crippen LogP contribution in [0.4, 0.5) is 0 Å². The van der Waals surface area contributed by atoms with E-state index in [2.05, 4.69) is 0 Å². The highest BCUT2D eigenvalue weighted by Gasteiger charge is 2.16. The number of unbranched alkanes of at least 4 members (excludes halogenated alkanes) is 1. The van der Waals surface area contributed by atoms with Crippen molar-refractivity contribution in [3.05, 3.63) is 35.9 Å². The lowest BCUT2D eigenvalue weighted by Crippen LogP contribution is -2.27. The van der Waals surface area contributed by atoms with Crippen LogP contribution < -0.4 is 0 Å². The van der Waals surface area contributed by atoms with E-state index in [0.29, 0.717) is 13.0 Å². The van der Waals surface area contributed by atoms with E-state index in [1.165, 1.54) is 0 Å². The minimum atomic E-state index is -3.17. The molecule has 0 saturated carbocycles. The Balaban J connectivity index is 2.26. The third-order valence-corrected chi connectivity index (χ3v) is 4.48. The van der Waals surface area contributed by atoms with E-state index in [9.17, 15) is 13.5 Å². The molecule has 4 nitrogen and oxygen atoms in total. The highest BCUT2D eigenvalue weighted by molar-refractivity contribution is 7.91. The second-order valence-corrected chi connectivity index (χ2v) is 6.85. The summed E-state index contributed by atoms with van der Waals surface area (Å²) in [4.78, 5) is 0. The lowest BCUT2D eigenvalue weighted by Gasteiger charge is -2.11. The largest absolute Gasteiger partial charge is 0.390 e. The van der Waals surface area contributed by atoms with E-state index >= 15 is 0 Å². The Kier molecular flexibility index (Phi) is 7.05. The van der Waals surface area contributed by atoms with Gasteiger partial charge in [-0.15, -0.1) is 0 Å². The average molecular weight is 286 g/mol. The maximum absolute atomic E-state index is 11.6. The van der Waals surface area contributed by atoms with Crippen LogP contribution in [0.3, 0.4) is 0 Å². The molecule has 1 rings (SSSR count). The number of sulfone groups is 1. The van der Waals surface area contributed by atoms with Crippen molar-refractivity contribution in [2.45, 2.75) is 32.5 Å². The molecule has 1 atom stereocenters. The first kappa shape index (κ1) is 16.1.